The zero-order chi connectivity index (χ0) is 14.7. The maximum atomic E-state index is 10.9. The van der Waals surface area contributed by atoms with Crippen molar-refractivity contribution in [2.24, 2.45) is 0 Å². The van der Waals surface area contributed by atoms with Gasteiger partial charge in [-0.1, -0.05) is 52.0 Å². The Bertz CT molecular complexity index is 751. The molecule has 0 aliphatic rings. The van der Waals surface area contributed by atoms with Crippen LogP contribution >= 0.6 is 27.7 Å². The second-order valence-electron chi connectivity index (χ2n) is 4.40. The van der Waals surface area contributed by atoms with E-state index in [2.05, 4.69) is 50.4 Å². The maximum Gasteiger partial charge on any atom is 0.169 e. The largest absolute Gasteiger partial charge is 0.296 e. The fourth-order valence-corrected chi connectivity index (χ4v) is 3.04. The molecule has 1 heterocycles. The number of rotatable bonds is 4. The first kappa shape index (κ1) is 14.1. The van der Waals surface area contributed by atoms with Gasteiger partial charge in [0.2, 0.25) is 0 Å². The molecule has 0 atom stereocenters. The van der Waals surface area contributed by atoms with Crippen molar-refractivity contribution in [1.82, 2.24) is 10.2 Å². The van der Waals surface area contributed by atoms with Crippen LogP contribution in [-0.2, 0) is 0 Å². The van der Waals surface area contributed by atoms with Crippen LogP contribution < -0.4 is 0 Å². The number of hydrogen-bond acceptors (Lipinski definition) is 3. The van der Waals surface area contributed by atoms with Crippen molar-refractivity contribution in [2.75, 3.05) is 0 Å². The molecule has 0 saturated carbocycles. The van der Waals surface area contributed by atoms with E-state index in [-0.39, 0.29) is 0 Å². The van der Waals surface area contributed by atoms with Crippen LogP contribution in [0.15, 0.2) is 69.0 Å². The Morgan fingerprint density at radius 2 is 1.62 bits per heavy atom. The van der Waals surface area contributed by atoms with E-state index in [9.17, 15) is 4.79 Å². The minimum absolute atomic E-state index is 0.511. The highest BCUT2D eigenvalue weighted by Crippen LogP contribution is 2.31. The highest BCUT2D eigenvalue weighted by atomic mass is 79.9. The molecule has 0 aliphatic heterocycles. The van der Waals surface area contributed by atoms with Crippen molar-refractivity contribution in [2.45, 2.75) is 9.79 Å². The zero-order valence-corrected chi connectivity index (χ0v) is 13.3. The predicted octanol–water partition coefficient (Wildman–Crippen LogP) is 4.80. The third-order valence-electron chi connectivity index (χ3n) is 3.01. The van der Waals surface area contributed by atoms with Crippen molar-refractivity contribution in [3.8, 4) is 11.1 Å². The smallest absolute Gasteiger partial charge is 0.169 e. The first-order valence-corrected chi connectivity index (χ1v) is 7.89. The summed E-state index contributed by atoms with van der Waals surface area (Å²) in [4.78, 5) is 12.8. The van der Waals surface area contributed by atoms with Gasteiger partial charge in [-0.05, 0) is 35.4 Å². The Morgan fingerprint density at radius 1 is 1.00 bits per heavy atom. The fourth-order valence-electron chi connectivity index (χ4n) is 1.94. The maximum absolute atomic E-state index is 10.9. The molecule has 1 aromatic heterocycles. The van der Waals surface area contributed by atoms with Crippen molar-refractivity contribution >= 4 is 34.0 Å². The number of aromatic nitrogens is 2. The number of halogens is 1. The standard InChI is InChI=1S/C16H11BrN2OS/c17-13-5-1-11(2-6-13)12-3-7-14(8-4-12)21-16-9-18-19-15(16)10-20/h1-10H,(H,18,19). The highest BCUT2D eigenvalue weighted by Gasteiger charge is 2.06. The van der Waals surface area contributed by atoms with Crippen molar-refractivity contribution < 1.29 is 4.79 Å². The molecule has 0 unspecified atom stereocenters. The molecule has 21 heavy (non-hydrogen) atoms. The summed E-state index contributed by atoms with van der Waals surface area (Å²) in [6.07, 6.45) is 2.45. The lowest BCUT2D eigenvalue weighted by atomic mass is 10.1. The van der Waals surface area contributed by atoms with Crippen LogP contribution in [0.3, 0.4) is 0 Å². The van der Waals surface area contributed by atoms with Crippen LogP contribution in [0.1, 0.15) is 10.5 Å². The van der Waals surface area contributed by atoms with Gasteiger partial charge in [0.1, 0.15) is 5.69 Å². The predicted molar refractivity (Wildman–Crippen MR) is 87.7 cm³/mol. The van der Waals surface area contributed by atoms with Crippen LogP contribution in [0.2, 0.25) is 0 Å². The number of benzene rings is 2. The molecule has 0 radical (unpaired) electrons. The first-order chi connectivity index (χ1) is 10.3. The molecular weight excluding hydrogens is 348 g/mol. The monoisotopic (exact) mass is 358 g/mol. The number of aldehydes is 1. The van der Waals surface area contributed by atoms with Crippen LogP contribution in [0.4, 0.5) is 0 Å². The number of carbonyl (C=O) groups excluding carboxylic acids is 1. The highest BCUT2D eigenvalue weighted by molar-refractivity contribution is 9.10. The van der Waals surface area contributed by atoms with E-state index in [0.717, 1.165) is 26.1 Å². The third-order valence-corrected chi connectivity index (χ3v) is 4.59. The van der Waals surface area contributed by atoms with E-state index < -0.39 is 0 Å². The second-order valence-corrected chi connectivity index (χ2v) is 6.43. The number of hydrogen-bond donors (Lipinski definition) is 1. The molecule has 0 saturated heterocycles. The quantitative estimate of drug-likeness (QED) is 0.681. The molecule has 0 amide bonds. The van der Waals surface area contributed by atoms with Crippen LogP contribution in [-0.4, -0.2) is 16.5 Å². The van der Waals surface area contributed by atoms with Crippen LogP contribution in [0.5, 0.6) is 0 Å². The van der Waals surface area contributed by atoms with Crippen molar-refractivity contribution in [1.29, 1.82) is 0 Å². The Balaban J connectivity index is 1.81. The summed E-state index contributed by atoms with van der Waals surface area (Å²) in [5, 5.41) is 6.56. The molecule has 5 heteroatoms. The van der Waals surface area contributed by atoms with E-state index in [1.807, 2.05) is 24.3 Å². The minimum atomic E-state index is 0.511. The normalized spacial score (nSPS) is 10.5. The molecule has 1 N–H and O–H groups in total. The van der Waals surface area contributed by atoms with E-state index in [1.54, 1.807) is 6.20 Å². The molecule has 2 aromatic carbocycles. The van der Waals surface area contributed by atoms with Crippen LogP contribution in [0.25, 0.3) is 11.1 Å². The van der Waals surface area contributed by atoms with Gasteiger partial charge in [0.25, 0.3) is 0 Å². The Morgan fingerprint density at radius 3 is 2.24 bits per heavy atom. The van der Waals surface area contributed by atoms with Crippen LogP contribution in [0, 0.1) is 0 Å². The molecule has 104 valence electrons. The average molecular weight is 359 g/mol. The molecule has 0 fully saturated rings. The Labute approximate surface area is 134 Å². The van der Waals surface area contributed by atoms with Gasteiger partial charge in [-0.15, -0.1) is 0 Å². The topological polar surface area (TPSA) is 45.8 Å². The average Bonchev–Trinajstić information content (AvgIpc) is 2.96. The Hall–Kier alpha value is -1.85. The third kappa shape index (κ3) is 3.25. The Kier molecular flexibility index (Phi) is 4.22. The molecule has 3 rings (SSSR count). The summed E-state index contributed by atoms with van der Waals surface area (Å²) in [5.74, 6) is 0. The van der Waals surface area contributed by atoms with Gasteiger partial charge in [0, 0.05) is 9.37 Å². The summed E-state index contributed by atoms with van der Waals surface area (Å²) in [6, 6.07) is 16.4. The molecule has 3 nitrogen and oxygen atoms in total. The number of H-pyrrole nitrogens is 1. The first-order valence-electron chi connectivity index (χ1n) is 6.28. The van der Waals surface area contributed by atoms with E-state index in [0.29, 0.717) is 5.69 Å². The van der Waals surface area contributed by atoms with Gasteiger partial charge >= 0.3 is 0 Å². The second kappa shape index (κ2) is 6.28. The lowest BCUT2D eigenvalue weighted by Gasteiger charge is -2.04. The van der Waals surface area contributed by atoms with Gasteiger partial charge in [-0.25, -0.2) is 0 Å². The SMILES string of the molecule is O=Cc1[nH]ncc1Sc1ccc(-c2ccc(Br)cc2)cc1. The minimum Gasteiger partial charge on any atom is -0.296 e. The van der Waals surface area contributed by atoms with E-state index in [1.165, 1.54) is 17.3 Å². The zero-order valence-electron chi connectivity index (χ0n) is 10.9. The molecular formula is C16H11BrN2OS. The van der Waals surface area contributed by atoms with Gasteiger partial charge in [-0.3, -0.25) is 9.89 Å². The summed E-state index contributed by atoms with van der Waals surface area (Å²) in [5.41, 5.74) is 2.85. The van der Waals surface area contributed by atoms with Gasteiger partial charge < -0.3 is 0 Å². The number of aromatic amines is 1. The number of nitrogens with one attached hydrogen (secondary N) is 1. The molecule has 3 aromatic rings. The summed E-state index contributed by atoms with van der Waals surface area (Å²) in [6.45, 7) is 0. The van der Waals surface area contributed by atoms with Gasteiger partial charge in [0.15, 0.2) is 6.29 Å². The van der Waals surface area contributed by atoms with Crippen molar-refractivity contribution in [3.63, 3.8) is 0 Å². The number of carbonyl (C=O) groups is 1. The molecule has 0 bridgehead atoms. The van der Waals surface area contributed by atoms with Gasteiger partial charge in [0.05, 0.1) is 11.1 Å². The molecule has 0 aliphatic carbocycles. The molecule has 0 spiro atoms. The fraction of sp³-hybridized carbons (Fsp3) is 0. The lowest BCUT2D eigenvalue weighted by molar-refractivity contribution is 0.111. The van der Waals surface area contributed by atoms with Crippen molar-refractivity contribution in [3.05, 3.63) is 64.9 Å². The van der Waals surface area contributed by atoms with E-state index in [4.69, 9.17) is 0 Å². The summed E-state index contributed by atoms with van der Waals surface area (Å²) < 4.78 is 1.07. The summed E-state index contributed by atoms with van der Waals surface area (Å²) in [7, 11) is 0. The summed E-state index contributed by atoms with van der Waals surface area (Å²) >= 11 is 4.96. The van der Waals surface area contributed by atoms with Gasteiger partial charge in [-0.2, -0.15) is 5.10 Å². The lowest BCUT2D eigenvalue weighted by Crippen LogP contribution is -1.82. The number of nitrogens with zero attached hydrogens (tertiary/aromatic N) is 1. The van der Waals surface area contributed by atoms with E-state index >= 15 is 0 Å².